The van der Waals surface area contributed by atoms with Crippen LogP contribution in [0.3, 0.4) is 0 Å². The summed E-state index contributed by atoms with van der Waals surface area (Å²) in [7, 11) is 0. The highest BCUT2D eigenvalue weighted by molar-refractivity contribution is 6.32. The van der Waals surface area contributed by atoms with E-state index in [1.807, 2.05) is 12.1 Å². The highest BCUT2D eigenvalue weighted by Crippen LogP contribution is 2.37. The van der Waals surface area contributed by atoms with Gasteiger partial charge < -0.3 is 10.1 Å². The van der Waals surface area contributed by atoms with Gasteiger partial charge in [0.1, 0.15) is 5.75 Å². The SMILES string of the molecule is CCCNC1CCOc2c(Cl)cccc21. The minimum absolute atomic E-state index is 0.396. The molecule has 3 heteroatoms. The van der Waals surface area contributed by atoms with Gasteiger partial charge in [-0.25, -0.2) is 0 Å². The molecule has 0 bridgehead atoms. The van der Waals surface area contributed by atoms with Crippen molar-refractivity contribution in [3.63, 3.8) is 0 Å². The molecule has 1 N–H and O–H groups in total. The Morgan fingerprint density at radius 3 is 3.20 bits per heavy atom. The van der Waals surface area contributed by atoms with Crippen molar-refractivity contribution < 1.29 is 4.74 Å². The second-order valence-corrected chi connectivity index (χ2v) is 4.21. The Balaban J connectivity index is 2.22. The summed E-state index contributed by atoms with van der Waals surface area (Å²) < 4.78 is 5.59. The summed E-state index contributed by atoms with van der Waals surface area (Å²) in [5.41, 5.74) is 1.20. The molecule has 1 aromatic rings. The van der Waals surface area contributed by atoms with E-state index in [1.165, 1.54) is 5.56 Å². The Morgan fingerprint density at radius 2 is 2.40 bits per heavy atom. The fraction of sp³-hybridized carbons (Fsp3) is 0.500. The van der Waals surface area contributed by atoms with Crippen molar-refractivity contribution in [2.45, 2.75) is 25.8 Å². The first-order chi connectivity index (χ1) is 7.33. The number of benzene rings is 1. The molecule has 15 heavy (non-hydrogen) atoms. The maximum Gasteiger partial charge on any atom is 0.142 e. The zero-order valence-electron chi connectivity index (χ0n) is 8.92. The van der Waals surface area contributed by atoms with E-state index in [0.717, 1.165) is 36.8 Å². The highest BCUT2D eigenvalue weighted by Gasteiger charge is 2.22. The molecule has 0 fully saturated rings. The van der Waals surface area contributed by atoms with Gasteiger partial charge in [-0.3, -0.25) is 0 Å². The van der Waals surface area contributed by atoms with E-state index in [-0.39, 0.29) is 0 Å². The van der Waals surface area contributed by atoms with Gasteiger partial charge in [-0.15, -0.1) is 0 Å². The molecule has 1 aliphatic heterocycles. The van der Waals surface area contributed by atoms with Crippen LogP contribution in [0.1, 0.15) is 31.4 Å². The van der Waals surface area contributed by atoms with E-state index in [2.05, 4.69) is 18.3 Å². The van der Waals surface area contributed by atoms with Crippen molar-refractivity contribution >= 4 is 11.6 Å². The summed E-state index contributed by atoms with van der Waals surface area (Å²) in [6, 6.07) is 6.35. The lowest BCUT2D eigenvalue weighted by atomic mass is 10.0. The maximum atomic E-state index is 6.09. The third kappa shape index (κ3) is 2.27. The van der Waals surface area contributed by atoms with Crippen LogP contribution in [-0.2, 0) is 0 Å². The number of hydrogen-bond acceptors (Lipinski definition) is 2. The Bertz CT molecular complexity index is 340. The molecule has 82 valence electrons. The second kappa shape index (κ2) is 4.86. The third-order valence-corrected chi connectivity index (χ3v) is 2.96. The molecule has 0 radical (unpaired) electrons. The molecule has 0 saturated heterocycles. The standard InChI is InChI=1S/C12H16ClNO/c1-2-7-14-11-6-8-15-12-9(11)4-3-5-10(12)13/h3-5,11,14H,2,6-8H2,1H3. The summed E-state index contributed by atoms with van der Waals surface area (Å²) in [6.45, 7) is 3.96. The van der Waals surface area contributed by atoms with Crippen LogP contribution < -0.4 is 10.1 Å². The fourth-order valence-corrected chi connectivity index (χ4v) is 2.15. The van der Waals surface area contributed by atoms with Crippen LogP contribution >= 0.6 is 11.6 Å². The van der Waals surface area contributed by atoms with E-state index >= 15 is 0 Å². The summed E-state index contributed by atoms with van der Waals surface area (Å²) in [4.78, 5) is 0. The number of ether oxygens (including phenoxy) is 1. The topological polar surface area (TPSA) is 21.3 Å². The highest BCUT2D eigenvalue weighted by atomic mass is 35.5. The number of nitrogens with one attached hydrogen (secondary N) is 1. The Kier molecular flexibility index (Phi) is 3.49. The van der Waals surface area contributed by atoms with Gasteiger partial charge >= 0.3 is 0 Å². The van der Waals surface area contributed by atoms with Crippen molar-refractivity contribution in [2.75, 3.05) is 13.2 Å². The van der Waals surface area contributed by atoms with E-state index < -0.39 is 0 Å². The Morgan fingerprint density at radius 1 is 1.53 bits per heavy atom. The van der Waals surface area contributed by atoms with Crippen LogP contribution in [0.5, 0.6) is 5.75 Å². The molecule has 0 aliphatic carbocycles. The summed E-state index contributed by atoms with van der Waals surface area (Å²) in [5, 5.41) is 4.23. The van der Waals surface area contributed by atoms with E-state index in [9.17, 15) is 0 Å². The van der Waals surface area contributed by atoms with Gasteiger partial charge in [-0.1, -0.05) is 30.7 Å². The molecule has 2 rings (SSSR count). The first-order valence-electron chi connectivity index (χ1n) is 5.47. The van der Waals surface area contributed by atoms with Crippen LogP contribution in [0.25, 0.3) is 0 Å². The van der Waals surface area contributed by atoms with Gasteiger partial charge in [0.15, 0.2) is 0 Å². The van der Waals surface area contributed by atoms with Gasteiger partial charge in [-0.05, 0) is 19.0 Å². The lowest BCUT2D eigenvalue weighted by molar-refractivity contribution is 0.253. The summed E-state index contributed by atoms with van der Waals surface area (Å²) in [6.07, 6.45) is 2.17. The van der Waals surface area contributed by atoms with Crippen molar-refractivity contribution in [1.29, 1.82) is 0 Å². The minimum Gasteiger partial charge on any atom is -0.492 e. The van der Waals surface area contributed by atoms with Gasteiger partial charge in [-0.2, -0.15) is 0 Å². The predicted octanol–water partition coefficient (Wildman–Crippen LogP) is 3.16. The van der Waals surface area contributed by atoms with E-state index in [1.54, 1.807) is 0 Å². The maximum absolute atomic E-state index is 6.09. The van der Waals surface area contributed by atoms with Crippen LogP contribution in [0.4, 0.5) is 0 Å². The predicted molar refractivity (Wildman–Crippen MR) is 62.6 cm³/mol. The zero-order valence-corrected chi connectivity index (χ0v) is 9.68. The van der Waals surface area contributed by atoms with Gasteiger partial charge in [0.2, 0.25) is 0 Å². The van der Waals surface area contributed by atoms with Crippen LogP contribution in [-0.4, -0.2) is 13.2 Å². The summed E-state index contributed by atoms with van der Waals surface area (Å²) in [5.74, 6) is 0.860. The Hall–Kier alpha value is -0.730. The molecule has 1 unspecified atom stereocenters. The molecular weight excluding hydrogens is 210 g/mol. The third-order valence-electron chi connectivity index (χ3n) is 2.67. The van der Waals surface area contributed by atoms with Gasteiger partial charge in [0, 0.05) is 18.0 Å². The molecule has 1 heterocycles. The molecule has 1 aliphatic rings. The van der Waals surface area contributed by atoms with E-state index in [0.29, 0.717) is 6.04 Å². The lowest BCUT2D eigenvalue weighted by Crippen LogP contribution is -2.27. The normalized spacial score (nSPS) is 19.5. The fourth-order valence-electron chi connectivity index (χ4n) is 1.92. The summed E-state index contributed by atoms with van der Waals surface area (Å²) >= 11 is 6.09. The molecule has 2 nitrogen and oxygen atoms in total. The molecule has 0 aromatic heterocycles. The molecule has 1 atom stereocenters. The number of hydrogen-bond donors (Lipinski definition) is 1. The number of para-hydroxylation sites is 1. The quantitative estimate of drug-likeness (QED) is 0.853. The molecule has 0 spiro atoms. The average molecular weight is 226 g/mol. The van der Waals surface area contributed by atoms with Crippen molar-refractivity contribution in [3.05, 3.63) is 28.8 Å². The minimum atomic E-state index is 0.396. The molecular formula is C12H16ClNO. The first-order valence-corrected chi connectivity index (χ1v) is 5.85. The lowest BCUT2D eigenvalue weighted by Gasteiger charge is -2.27. The first kappa shape index (κ1) is 10.8. The van der Waals surface area contributed by atoms with Crippen molar-refractivity contribution in [3.8, 4) is 5.75 Å². The Labute approximate surface area is 95.6 Å². The van der Waals surface area contributed by atoms with Gasteiger partial charge in [0.25, 0.3) is 0 Å². The number of halogens is 1. The van der Waals surface area contributed by atoms with Crippen molar-refractivity contribution in [2.24, 2.45) is 0 Å². The smallest absolute Gasteiger partial charge is 0.142 e. The molecule has 0 amide bonds. The average Bonchev–Trinajstić information content (AvgIpc) is 2.27. The van der Waals surface area contributed by atoms with Crippen molar-refractivity contribution in [1.82, 2.24) is 5.32 Å². The van der Waals surface area contributed by atoms with E-state index in [4.69, 9.17) is 16.3 Å². The number of fused-ring (bicyclic) bond motifs is 1. The zero-order chi connectivity index (χ0) is 10.7. The molecule has 0 saturated carbocycles. The van der Waals surface area contributed by atoms with Gasteiger partial charge in [0.05, 0.1) is 11.6 Å². The number of rotatable bonds is 3. The monoisotopic (exact) mass is 225 g/mol. The van der Waals surface area contributed by atoms with Crippen LogP contribution in [0.2, 0.25) is 5.02 Å². The molecule has 1 aromatic carbocycles. The second-order valence-electron chi connectivity index (χ2n) is 3.80. The van der Waals surface area contributed by atoms with Crippen LogP contribution in [0.15, 0.2) is 18.2 Å². The largest absolute Gasteiger partial charge is 0.492 e. The van der Waals surface area contributed by atoms with Crippen LogP contribution in [0, 0.1) is 0 Å².